The summed E-state index contributed by atoms with van der Waals surface area (Å²) in [5.41, 5.74) is 8.88. The van der Waals surface area contributed by atoms with E-state index in [2.05, 4.69) is 21.2 Å². The smallest absolute Gasteiger partial charge is 0.408 e. The number of anilines is 1. The number of aromatic amines is 1. The van der Waals surface area contributed by atoms with Crippen molar-refractivity contribution in [3.8, 4) is 0 Å². The topological polar surface area (TPSA) is 99.2 Å². The normalized spacial score (nSPS) is 20.3. The lowest BCUT2D eigenvalue weighted by Crippen LogP contribution is -2.29. The number of fused-ring (bicyclic) bond motifs is 1. The van der Waals surface area contributed by atoms with Gasteiger partial charge in [0, 0.05) is 12.2 Å². The standard InChI is InChI=1S/C17H16N4O3/c22-16(12-9-18-21-15(12)10-4-2-1-3-5-10)19-11-6-7-14-13(8-11)20-17(23)24-14/h1-8,12,15,18,21H,9H2,(H,19,22)(H,20,23). The summed E-state index contributed by atoms with van der Waals surface area (Å²) in [4.78, 5) is 26.4. The number of H-pyrrole nitrogens is 1. The van der Waals surface area contributed by atoms with Gasteiger partial charge in [0.15, 0.2) is 5.58 Å². The lowest BCUT2D eigenvalue weighted by Gasteiger charge is -2.18. The predicted octanol–water partition coefficient (Wildman–Crippen LogP) is 1.52. The first-order valence-electron chi connectivity index (χ1n) is 7.68. The summed E-state index contributed by atoms with van der Waals surface area (Å²) in [6.45, 7) is 0.538. The van der Waals surface area contributed by atoms with E-state index in [-0.39, 0.29) is 17.9 Å². The number of carbonyl (C=O) groups is 1. The van der Waals surface area contributed by atoms with Crippen molar-refractivity contribution in [1.82, 2.24) is 15.8 Å². The van der Waals surface area contributed by atoms with E-state index in [0.29, 0.717) is 23.3 Å². The summed E-state index contributed by atoms with van der Waals surface area (Å²) in [5, 5.41) is 2.90. The predicted molar refractivity (Wildman–Crippen MR) is 89.3 cm³/mol. The van der Waals surface area contributed by atoms with Crippen LogP contribution >= 0.6 is 0 Å². The van der Waals surface area contributed by atoms with Gasteiger partial charge in [-0.05, 0) is 23.8 Å². The van der Waals surface area contributed by atoms with Crippen molar-refractivity contribution >= 4 is 22.7 Å². The van der Waals surface area contributed by atoms with Gasteiger partial charge in [0.05, 0.1) is 17.5 Å². The van der Waals surface area contributed by atoms with Crippen LogP contribution in [0.25, 0.3) is 11.1 Å². The molecule has 0 saturated carbocycles. The highest BCUT2D eigenvalue weighted by Crippen LogP contribution is 2.26. The third-order valence-corrected chi connectivity index (χ3v) is 4.16. The second-order valence-electron chi connectivity index (χ2n) is 5.73. The monoisotopic (exact) mass is 324 g/mol. The van der Waals surface area contributed by atoms with Crippen LogP contribution in [-0.4, -0.2) is 17.4 Å². The molecule has 2 aromatic carbocycles. The molecule has 7 nitrogen and oxygen atoms in total. The molecule has 4 N–H and O–H groups in total. The van der Waals surface area contributed by atoms with E-state index >= 15 is 0 Å². The molecular formula is C17H16N4O3. The SMILES string of the molecule is O=C(Nc1ccc2oc(=O)[nH]c2c1)C1CNNC1c1ccccc1. The van der Waals surface area contributed by atoms with Crippen LogP contribution in [-0.2, 0) is 4.79 Å². The van der Waals surface area contributed by atoms with Crippen LogP contribution in [0.3, 0.4) is 0 Å². The molecule has 2 heterocycles. The first-order valence-corrected chi connectivity index (χ1v) is 7.68. The number of aromatic nitrogens is 1. The third kappa shape index (κ3) is 2.70. The quantitative estimate of drug-likeness (QED) is 0.585. The number of carbonyl (C=O) groups excluding carboxylic acids is 1. The average molecular weight is 324 g/mol. The van der Waals surface area contributed by atoms with Crippen molar-refractivity contribution in [3.63, 3.8) is 0 Å². The molecule has 0 aliphatic carbocycles. The van der Waals surface area contributed by atoms with Gasteiger partial charge >= 0.3 is 5.76 Å². The molecule has 1 aliphatic rings. The Hall–Kier alpha value is -2.90. The third-order valence-electron chi connectivity index (χ3n) is 4.16. The number of hydrazine groups is 1. The Morgan fingerprint density at radius 2 is 2.00 bits per heavy atom. The Morgan fingerprint density at radius 3 is 2.83 bits per heavy atom. The fourth-order valence-corrected chi connectivity index (χ4v) is 2.98. The molecule has 122 valence electrons. The van der Waals surface area contributed by atoms with Crippen molar-refractivity contribution in [3.05, 3.63) is 64.6 Å². The van der Waals surface area contributed by atoms with Gasteiger partial charge in [-0.2, -0.15) is 0 Å². The van der Waals surface area contributed by atoms with E-state index in [1.54, 1.807) is 18.2 Å². The fraction of sp³-hybridized carbons (Fsp3) is 0.176. The molecule has 1 amide bonds. The van der Waals surface area contributed by atoms with Crippen LogP contribution < -0.4 is 21.9 Å². The van der Waals surface area contributed by atoms with Gasteiger partial charge in [-0.15, -0.1) is 0 Å². The number of nitrogens with one attached hydrogen (secondary N) is 4. The minimum absolute atomic E-state index is 0.0912. The molecule has 1 aliphatic heterocycles. The molecule has 1 aromatic heterocycles. The number of rotatable bonds is 3. The van der Waals surface area contributed by atoms with Gasteiger partial charge in [-0.25, -0.2) is 10.2 Å². The molecule has 4 rings (SSSR count). The highest BCUT2D eigenvalue weighted by molar-refractivity contribution is 5.95. The lowest BCUT2D eigenvalue weighted by molar-refractivity contribution is -0.119. The maximum absolute atomic E-state index is 12.7. The number of amides is 1. The Morgan fingerprint density at radius 1 is 1.17 bits per heavy atom. The van der Waals surface area contributed by atoms with Crippen LogP contribution in [0.15, 0.2) is 57.7 Å². The Balaban J connectivity index is 1.55. The van der Waals surface area contributed by atoms with Crippen molar-refractivity contribution in [2.45, 2.75) is 6.04 Å². The maximum Gasteiger partial charge on any atom is 0.417 e. The molecule has 24 heavy (non-hydrogen) atoms. The first-order chi connectivity index (χ1) is 11.7. The van der Waals surface area contributed by atoms with E-state index in [4.69, 9.17) is 4.42 Å². The van der Waals surface area contributed by atoms with Crippen LogP contribution in [0.4, 0.5) is 5.69 Å². The molecule has 3 aromatic rings. The molecule has 2 atom stereocenters. The molecule has 1 fully saturated rings. The largest absolute Gasteiger partial charge is 0.417 e. The van der Waals surface area contributed by atoms with E-state index in [9.17, 15) is 9.59 Å². The minimum Gasteiger partial charge on any atom is -0.408 e. The zero-order valence-corrected chi connectivity index (χ0v) is 12.7. The number of hydrogen-bond donors (Lipinski definition) is 4. The molecule has 0 bridgehead atoms. The van der Waals surface area contributed by atoms with Crippen molar-refractivity contribution in [1.29, 1.82) is 0 Å². The van der Waals surface area contributed by atoms with Crippen molar-refractivity contribution in [2.24, 2.45) is 5.92 Å². The molecule has 1 saturated heterocycles. The van der Waals surface area contributed by atoms with Crippen LogP contribution in [0.5, 0.6) is 0 Å². The van der Waals surface area contributed by atoms with E-state index < -0.39 is 5.76 Å². The van der Waals surface area contributed by atoms with Gasteiger partial charge in [-0.3, -0.25) is 15.2 Å². The molecule has 2 unspecified atom stereocenters. The van der Waals surface area contributed by atoms with Gasteiger partial charge in [-0.1, -0.05) is 30.3 Å². The Kier molecular flexibility index (Phi) is 3.64. The second-order valence-corrected chi connectivity index (χ2v) is 5.73. The number of benzene rings is 2. The van der Waals surface area contributed by atoms with E-state index in [1.807, 2.05) is 30.3 Å². The van der Waals surface area contributed by atoms with Crippen LogP contribution in [0, 0.1) is 5.92 Å². The Labute approximate surface area is 137 Å². The lowest BCUT2D eigenvalue weighted by atomic mass is 9.94. The number of oxazole rings is 1. The van der Waals surface area contributed by atoms with Crippen LogP contribution in [0.1, 0.15) is 11.6 Å². The van der Waals surface area contributed by atoms with Gasteiger partial charge in [0.1, 0.15) is 0 Å². The van der Waals surface area contributed by atoms with E-state index in [1.165, 1.54) is 0 Å². The number of hydrogen-bond acceptors (Lipinski definition) is 5. The summed E-state index contributed by atoms with van der Waals surface area (Å²) in [7, 11) is 0. The summed E-state index contributed by atoms with van der Waals surface area (Å²) in [6, 6.07) is 14.8. The summed E-state index contributed by atoms with van der Waals surface area (Å²) >= 11 is 0. The van der Waals surface area contributed by atoms with Crippen molar-refractivity contribution < 1.29 is 9.21 Å². The highest BCUT2D eigenvalue weighted by Gasteiger charge is 2.33. The minimum atomic E-state index is -0.512. The second kappa shape index (κ2) is 5.95. The molecule has 0 radical (unpaired) electrons. The molecule has 0 spiro atoms. The summed E-state index contributed by atoms with van der Waals surface area (Å²) in [6.07, 6.45) is 0. The Bertz CT molecular complexity index is 932. The molecule has 7 heteroatoms. The highest BCUT2D eigenvalue weighted by atomic mass is 16.4. The summed E-state index contributed by atoms with van der Waals surface area (Å²) in [5.74, 6) is -0.847. The van der Waals surface area contributed by atoms with Gasteiger partial charge in [0.25, 0.3) is 0 Å². The molecular weight excluding hydrogens is 308 g/mol. The van der Waals surface area contributed by atoms with E-state index in [0.717, 1.165) is 5.56 Å². The fourth-order valence-electron chi connectivity index (χ4n) is 2.98. The average Bonchev–Trinajstić information content (AvgIpc) is 3.21. The van der Waals surface area contributed by atoms with Gasteiger partial charge in [0.2, 0.25) is 5.91 Å². The first kappa shape index (κ1) is 14.7. The zero-order valence-electron chi connectivity index (χ0n) is 12.7. The summed E-state index contributed by atoms with van der Waals surface area (Å²) < 4.78 is 4.96. The van der Waals surface area contributed by atoms with Crippen LogP contribution in [0.2, 0.25) is 0 Å². The zero-order chi connectivity index (χ0) is 16.5. The maximum atomic E-state index is 12.7. The van der Waals surface area contributed by atoms with Crippen molar-refractivity contribution in [2.75, 3.05) is 11.9 Å². The van der Waals surface area contributed by atoms with Gasteiger partial charge < -0.3 is 9.73 Å².